The predicted octanol–water partition coefficient (Wildman–Crippen LogP) is 1.26. The Morgan fingerprint density at radius 2 is 2.00 bits per heavy atom. The van der Waals surface area contributed by atoms with Crippen LogP contribution in [-0.2, 0) is 4.74 Å². The van der Waals surface area contributed by atoms with Gasteiger partial charge in [0.1, 0.15) is 6.61 Å². The number of anilines is 2. The average Bonchev–Trinajstić information content (AvgIpc) is 2.27. The Bertz CT molecular complexity index is 355. The minimum Gasteiger partial charge on any atom is -0.374 e. The number of ether oxygens (including phenoxy) is 1. The number of hydrogen-bond donors (Lipinski definition) is 2. The molecule has 0 atom stereocenters. The number of nitrogens with zero attached hydrogens (tertiary/aromatic N) is 3. The van der Waals surface area contributed by atoms with Crippen LogP contribution in [0.1, 0.15) is 0 Å². The van der Waals surface area contributed by atoms with Gasteiger partial charge in [0.2, 0.25) is 17.2 Å². The molecular weight excluding hydrogens is 256 g/mol. The zero-order valence-corrected chi connectivity index (χ0v) is 9.84. The summed E-state index contributed by atoms with van der Waals surface area (Å²) in [7, 11) is 1.64. The third kappa shape index (κ3) is 5.55. The van der Waals surface area contributed by atoms with Crippen LogP contribution in [0.4, 0.5) is 20.7 Å². The molecule has 1 aromatic rings. The fourth-order valence-electron chi connectivity index (χ4n) is 0.948. The Balaban J connectivity index is 2.33. The fourth-order valence-corrected chi connectivity index (χ4v) is 1.11. The molecule has 0 amide bonds. The van der Waals surface area contributed by atoms with Crippen molar-refractivity contribution in [1.82, 2.24) is 15.0 Å². The van der Waals surface area contributed by atoms with Gasteiger partial charge in [0.05, 0.1) is 6.61 Å². The summed E-state index contributed by atoms with van der Waals surface area (Å²) >= 11 is 5.64. The molecule has 1 aromatic heterocycles. The number of alkyl halides is 2. The van der Waals surface area contributed by atoms with Crippen molar-refractivity contribution >= 4 is 23.5 Å². The average molecular weight is 268 g/mol. The van der Waals surface area contributed by atoms with E-state index in [0.29, 0.717) is 12.5 Å². The lowest BCUT2D eigenvalue weighted by Gasteiger charge is -2.06. The Hall–Kier alpha value is -1.28. The molecule has 0 aliphatic heterocycles. The molecule has 6 nitrogen and oxygen atoms in total. The first-order valence-corrected chi connectivity index (χ1v) is 5.18. The van der Waals surface area contributed by atoms with E-state index >= 15 is 0 Å². The van der Waals surface area contributed by atoms with E-state index in [1.165, 1.54) is 0 Å². The molecule has 0 fully saturated rings. The minimum atomic E-state index is -2.46. The molecule has 0 unspecified atom stereocenters. The summed E-state index contributed by atoms with van der Waals surface area (Å²) in [6.07, 6.45) is -2.46. The summed E-state index contributed by atoms with van der Waals surface area (Å²) in [4.78, 5) is 11.5. The van der Waals surface area contributed by atoms with Crippen LogP contribution in [0.15, 0.2) is 0 Å². The van der Waals surface area contributed by atoms with Gasteiger partial charge in [-0.2, -0.15) is 15.0 Å². The molecule has 0 radical (unpaired) electrons. The van der Waals surface area contributed by atoms with Crippen LogP contribution in [0, 0.1) is 0 Å². The topological polar surface area (TPSA) is 72.0 Å². The lowest BCUT2D eigenvalue weighted by atomic mass is 10.6. The normalized spacial score (nSPS) is 10.6. The van der Waals surface area contributed by atoms with Crippen LogP contribution in [0.3, 0.4) is 0 Å². The first kappa shape index (κ1) is 13.8. The molecule has 17 heavy (non-hydrogen) atoms. The van der Waals surface area contributed by atoms with Crippen molar-refractivity contribution in [2.24, 2.45) is 0 Å². The Kier molecular flexibility index (Phi) is 5.78. The largest absolute Gasteiger partial charge is 0.374 e. The molecule has 0 aliphatic rings. The monoisotopic (exact) mass is 267 g/mol. The van der Waals surface area contributed by atoms with Crippen molar-refractivity contribution in [2.75, 3.05) is 37.4 Å². The molecule has 0 aromatic carbocycles. The van der Waals surface area contributed by atoms with Crippen molar-refractivity contribution in [3.63, 3.8) is 0 Å². The zero-order valence-electron chi connectivity index (χ0n) is 9.08. The molecular formula is C8H12ClF2N5O. The second kappa shape index (κ2) is 7.13. The lowest BCUT2D eigenvalue weighted by molar-refractivity contribution is 0.0214. The molecule has 9 heteroatoms. The molecule has 2 N–H and O–H groups in total. The maximum Gasteiger partial charge on any atom is 0.261 e. The summed E-state index contributed by atoms with van der Waals surface area (Å²) in [5.41, 5.74) is 0. The van der Waals surface area contributed by atoms with Crippen LogP contribution >= 0.6 is 11.6 Å². The minimum absolute atomic E-state index is 0.0420. The number of hydrogen-bond acceptors (Lipinski definition) is 6. The number of nitrogens with one attached hydrogen (secondary N) is 2. The van der Waals surface area contributed by atoms with E-state index in [0.717, 1.165) is 0 Å². The number of rotatable bonds is 7. The predicted molar refractivity (Wildman–Crippen MR) is 59.7 cm³/mol. The van der Waals surface area contributed by atoms with Crippen LogP contribution < -0.4 is 10.6 Å². The van der Waals surface area contributed by atoms with Crippen molar-refractivity contribution < 1.29 is 13.5 Å². The van der Waals surface area contributed by atoms with E-state index in [1.54, 1.807) is 7.05 Å². The molecule has 96 valence electrons. The van der Waals surface area contributed by atoms with Gasteiger partial charge in [-0.3, -0.25) is 0 Å². The Labute approximate surface area is 102 Å². The SMILES string of the molecule is CNc1nc(Cl)nc(NCCOCC(F)F)n1. The fraction of sp³-hybridized carbons (Fsp3) is 0.625. The van der Waals surface area contributed by atoms with Crippen molar-refractivity contribution in [3.05, 3.63) is 5.28 Å². The van der Waals surface area contributed by atoms with Crippen molar-refractivity contribution in [1.29, 1.82) is 0 Å². The van der Waals surface area contributed by atoms with Gasteiger partial charge in [-0.05, 0) is 11.6 Å². The maximum absolute atomic E-state index is 11.7. The zero-order chi connectivity index (χ0) is 12.7. The van der Waals surface area contributed by atoms with E-state index in [-0.39, 0.29) is 17.8 Å². The van der Waals surface area contributed by atoms with Crippen molar-refractivity contribution in [2.45, 2.75) is 6.43 Å². The highest BCUT2D eigenvalue weighted by molar-refractivity contribution is 6.28. The highest BCUT2D eigenvalue weighted by Crippen LogP contribution is 2.08. The van der Waals surface area contributed by atoms with Gasteiger partial charge in [-0.15, -0.1) is 0 Å². The summed E-state index contributed by atoms with van der Waals surface area (Å²) in [5.74, 6) is 0.580. The molecule has 1 heterocycles. The van der Waals surface area contributed by atoms with Gasteiger partial charge in [0.15, 0.2) is 0 Å². The molecule has 0 aliphatic carbocycles. The molecule has 0 saturated carbocycles. The summed E-state index contributed by atoms with van der Waals surface area (Å²) < 4.78 is 28.1. The highest BCUT2D eigenvalue weighted by Gasteiger charge is 2.04. The maximum atomic E-state index is 11.7. The third-order valence-electron chi connectivity index (χ3n) is 1.61. The summed E-state index contributed by atoms with van der Waals surface area (Å²) in [5, 5.41) is 5.53. The van der Waals surface area contributed by atoms with E-state index in [2.05, 4.69) is 30.3 Å². The van der Waals surface area contributed by atoms with Gasteiger partial charge in [-0.25, -0.2) is 8.78 Å². The molecule has 0 saturated heterocycles. The molecule has 0 spiro atoms. The summed E-state index contributed by atoms with van der Waals surface area (Å²) in [6.45, 7) is -0.153. The van der Waals surface area contributed by atoms with E-state index in [4.69, 9.17) is 11.6 Å². The van der Waals surface area contributed by atoms with Crippen LogP contribution in [0.5, 0.6) is 0 Å². The van der Waals surface area contributed by atoms with Crippen LogP contribution in [-0.4, -0.2) is 48.2 Å². The quantitative estimate of drug-likeness (QED) is 0.725. The van der Waals surface area contributed by atoms with Gasteiger partial charge in [0, 0.05) is 13.6 Å². The van der Waals surface area contributed by atoms with Gasteiger partial charge < -0.3 is 15.4 Å². The van der Waals surface area contributed by atoms with Gasteiger partial charge in [0.25, 0.3) is 6.43 Å². The second-order valence-electron chi connectivity index (χ2n) is 2.89. The van der Waals surface area contributed by atoms with Gasteiger partial charge in [-0.1, -0.05) is 0 Å². The van der Waals surface area contributed by atoms with Crippen LogP contribution in [0.2, 0.25) is 5.28 Å². The Morgan fingerprint density at radius 3 is 2.65 bits per heavy atom. The second-order valence-corrected chi connectivity index (χ2v) is 3.23. The molecule has 1 rings (SSSR count). The third-order valence-corrected chi connectivity index (χ3v) is 1.77. The van der Waals surface area contributed by atoms with E-state index in [1.807, 2.05) is 0 Å². The first-order chi connectivity index (χ1) is 8.11. The smallest absolute Gasteiger partial charge is 0.261 e. The first-order valence-electron chi connectivity index (χ1n) is 4.81. The highest BCUT2D eigenvalue weighted by atomic mass is 35.5. The number of aromatic nitrogens is 3. The van der Waals surface area contributed by atoms with E-state index in [9.17, 15) is 8.78 Å². The molecule has 0 bridgehead atoms. The lowest BCUT2D eigenvalue weighted by Crippen LogP contribution is -2.15. The number of halogens is 3. The van der Waals surface area contributed by atoms with E-state index < -0.39 is 13.0 Å². The van der Waals surface area contributed by atoms with Crippen molar-refractivity contribution in [3.8, 4) is 0 Å². The van der Waals surface area contributed by atoms with Gasteiger partial charge >= 0.3 is 0 Å². The standard InChI is InChI=1S/C8H12ClF2N5O/c1-12-7-14-6(9)15-8(16-7)13-2-3-17-4-5(10)11/h5H,2-4H2,1H3,(H2,12,13,14,15,16). The summed E-state index contributed by atoms with van der Waals surface area (Å²) in [6, 6.07) is 0. The van der Waals surface area contributed by atoms with Crippen LogP contribution in [0.25, 0.3) is 0 Å². The Morgan fingerprint density at radius 1 is 1.29 bits per heavy atom.